The maximum Gasteiger partial charge on any atom is 0.329 e. The Kier molecular flexibility index (Phi) is 12.9. The molecule has 58 heavy (non-hydrogen) atoms. The molecule has 9 atom stereocenters. The summed E-state index contributed by atoms with van der Waals surface area (Å²) in [6, 6.07) is -1.46. The van der Waals surface area contributed by atoms with Crippen molar-refractivity contribution >= 4 is 47.4 Å². The number of carbonyl (C=O) groups is 7. The van der Waals surface area contributed by atoms with Gasteiger partial charge in [0, 0.05) is 44.7 Å². The lowest BCUT2D eigenvalue weighted by Gasteiger charge is -2.39. The van der Waals surface area contributed by atoms with Crippen molar-refractivity contribution in [2.75, 3.05) is 25.0 Å². The van der Waals surface area contributed by atoms with Gasteiger partial charge in [-0.3, -0.25) is 29.3 Å². The normalized spacial score (nSPS) is 28.8. The van der Waals surface area contributed by atoms with Gasteiger partial charge in [-0.1, -0.05) is 13.0 Å². The SMILES string of the molecule is C[C@@H]1C[C@H]2C(=O)O[C@@H](C)[C@H](NC(=O)[C@H](Cc3cc(F)cc(F)c3)NC(=O)Nc3ccccn3)C(=O)N3C[C@H](O)C[C@H]3C(=O)N3CCCC[C@H]3C(=O)N[C@@H](C)C(=O)N2C1. The van der Waals surface area contributed by atoms with E-state index in [9.17, 15) is 47.4 Å². The van der Waals surface area contributed by atoms with Crippen molar-refractivity contribution in [1.29, 1.82) is 0 Å². The van der Waals surface area contributed by atoms with Gasteiger partial charge in [0.15, 0.2) is 0 Å². The van der Waals surface area contributed by atoms with Crippen molar-refractivity contribution in [1.82, 2.24) is 35.6 Å². The van der Waals surface area contributed by atoms with E-state index in [1.54, 1.807) is 12.1 Å². The molecule has 312 valence electrons. The van der Waals surface area contributed by atoms with Crippen LogP contribution in [0, 0.1) is 17.6 Å². The second-order valence-corrected chi connectivity index (χ2v) is 15.5. The van der Waals surface area contributed by atoms with Crippen molar-refractivity contribution in [2.45, 2.75) is 108 Å². The Balaban J connectivity index is 1.36. The number of nitrogens with one attached hydrogen (secondary N) is 4. The predicted octanol–water partition coefficient (Wildman–Crippen LogP) is 0.607. The number of esters is 1. The zero-order valence-electron chi connectivity index (χ0n) is 32.4. The number of nitrogens with zero attached hydrogens (tertiary/aromatic N) is 4. The van der Waals surface area contributed by atoms with Crippen LogP contribution in [0.15, 0.2) is 42.6 Å². The summed E-state index contributed by atoms with van der Waals surface area (Å²) in [7, 11) is 0. The molecular formula is C39H48F2N8O9. The third kappa shape index (κ3) is 9.52. The number of halogens is 2. The van der Waals surface area contributed by atoms with Crippen LogP contribution in [0.1, 0.15) is 58.4 Å². The number of benzene rings is 1. The molecule has 19 heteroatoms. The maximum atomic E-state index is 14.7. The van der Waals surface area contributed by atoms with E-state index in [4.69, 9.17) is 4.74 Å². The van der Waals surface area contributed by atoms with E-state index in [0.29, 0.717) is 18.9 Å². The lowest BCUT2D eigenvalue weighted by Crippen LogP contribution is -2.63. The van der Waals surface area contributed by atoms with Crippen LogP contribution in [0.3, 0.4) is 0 Å². The van der Waals surface area contributed by atoms with E-state index < -0.39 is 108 Å². The van der Waals surface area contributed by atoms with Crippen molar-refractivity contribution in [3.8, 4) is 0 Å². The van der Waals surface area contributed by atoms with Crippen LogP contribution in [-0.2, 0) is 39.9 Å². The Morgan fingerprint density at radius 1 is 0.914 bits per heavy atom. The van der Waals surface area contributed by atoms with Gasteiger partial charge < -0.3 is 40.5 Å². The molecule has 1 aromatic heterocycles. The quantitative estimate of drug-likeness (QED) is 0.256. The molecule has 5 heterocycles. The zero-order chi connectivity index (χ0) is 41.8. The fraction of sp³-hybridized carbons (Fsp3) is 0.538. The first-order chi connectivity index (χ1) is 27.6. The van der Waals surface area contributed by atoms with E-state index in [1.165, 1.54) is 35.9 Å². The van der Waals surface area contributed by atoms with Crippen LogP contribution in [-0.4, -0.2) is 134 Å². The Morgan fingerprint density at radius 2 is 1.64 bits per heavy atom. The summed E-state index contributed by atoms with van der Waals surface area (Å²) in [4.78, 5) is 105. The fourth-order valence-electron chi connectivity index (χ4n) is 8.15. The smallest absolute Gasteiger partial charge is 0.329 e. The molecule has 4 saturated heterocycles. The number of aliphatic hydroxyl groups is 1. The van der Waals surface area contributed by atoms with E-state index in [-0.39, 0.29) is 56.2 Å². The topological polar surface area (TPSA) is 220 Å². The van der Waals surface area contributed by atoms with Gasteiger partial charge >= 0.3 is 12.0 Å². The number of ether oxygens (including phenoxy) is 1. The molecular weight excluding hydrogens is 762 g/mol. The second kappa shape index (κ2) is 17.8. The summed E-state index contributed by atoms with van der Waals surface area (Å²) in [5.74, 6) is -6.53. The molecule has 17 nitrogen and oxygen atoms in total. The summed E-state index contributed by atoms with van der Waals surface area (Å²) in [6.45, 7) is 4.65. The largest absolute Gasteiger partial charge is 0.458 e. The Hall–Kier alpha value is -5.72. The van der Waals surface area contributed by atoms with E-state index in [0.717, 1.165) is 17.0 Å². The summed E-state index contributed by atoms with van der Waals surface area (Å²) in [5.41, 5.74) is -0.0256. The molecule has 7 amide bonds. The van der Waals surface area contributed by atoms with Crippen molar-refractivity contribution in [3.63, 3.8) is 0 Å². The van der Waals surface area contributed by atoms with Crippen molar-refractivity contribution in [2.24, 2.45) is 5.92 Å². The summed E-state index contributed by atoms with van der Waals surface area (Å²) in [6.07, 6.45) is -0.238. The molecule has 0 aliphatic carbocycles. The first kappa shape index (κ1) is 41.9. The van der Waals surface area contributed by atoms with E-state index in [1.807, 2.05) is 6.92 Å². The third-order valence-electron chi connectivity index (χ3n) is 11.0. The number of anilines is 1. The van der Waals surface area contributed by atoms with Gasteiger partial charge in [-0.25, -0.2) is 23.4 Å². The number of urea groups is 1. The zero-order valence-corrected chi connectivity index (χ0v) is 32.4. The standard InChI is InChI=1S/C39H48F2N8O9/c1-20-12-30-38(56)58-22(3)32(46-33(51)27(15-23-13-24(40)16-25(41)14-23)44-39(57)45-31-9-4-6-10-42-31)37(55)49-19-26(50)17-29(49)36(54)47-11-7-5-8-28(47)34(52)43-21(2)35(53)48(30)18-20/h4,6,9-10,13-14,16,20-22,26-30,32,50H,5,7-8,11-12,15,17-19H2,1-3H3,(H,43,52)(H,46,51)(H2,42,44,45,57)/t20-,21+,22+,26-,27+,28+,29+,30+,32+/m1/s1. The Bertz CT molecular complexity index is 1900. The van der Waals surface area contributed by atoms with Crippen molar-refractivity contribution < 1.29 is 52.2 Å². The van der Waals surface area contributed by atoms with Crippen LogP contribution in [0.4, 0.5) is 19.4 Å². The molecule has 1 aromatic carbocycles. The molecule has 0 saturated carbocycles. The van der Waals surface area contributed by atoms with Crippen LogP contribution in [0.2, 0.25) is 0 Å². The molecule has 0 radical (unpaired) electrons. The first-order valence-corrected chi connectivity index (χ1v) is 19.4. The summed E-state index contributed by atoms with van der Waals surface area (Å²) >= 11 is 0. The van der Waals surface area contributed by atoms with Crippen LogP contribution in [0.25, 0.3) is 0 Å². The minimum Gasteiger partial charge on any atom is -0.458 e. The van der Waals surface area contributed by atoms with Gasteiger partial charge in [-0.05, 0) is 75.3 Å². The number of pyridine rings is 1. The predicted molar refractivity (Wildman–Crippen MR) is 200 cm³/mol. The highest BCUT2D eigenvalue weighted by atomic mass is 19.1. The van der Waals surface area contributed by atoms with Crippen LogP contribution in [0.5, 0.6) is 0 Å². The van der Waals surface area contributed by atoms with Gasteiger partial charge in [0.1, 0.15) is 59.8 Å². The molecule has 4 fully saturated rings. The Morgan fingerprint density at radius 3 is 2.34 bits per heavy atom. The minimum absolute atomic E-state index is 0.0256. The number of aromatic nitrogens is 1. The van der Waals surface area contributed by atoms with Gasteiger partial charge in [-0.2, -0.15) is 0 Å². The van der Waals surface area contributed by atoms with E-state index in [2.05, 4.69) is 26.3 Å². The van der Waals surface area contributed by atoms with Gasteiger partial charge in [-0.15, -0.1) is 0 Å². The Labute approximate surface area is 333 Å². The average molecular weight is 811 g/mol. The lowest BCUT2D eigenvalue weighted by atomic mass is 9.98. The highest BCUT2D eigenvalue weighted by Crippen LogP contribution is 2.29. The molecule has 0 bridgehead atoms. The fourth-order valence-corrected chi connectivity index (χ4v) is 8.15. The van der Waals surface area contributed by atoms with Gasteiger partial charge in [0.05, 0.1) is 6.10 Å². The van der Waals surface area contributed by atoms with Gasteiger partial charge in [0.2, 0.25) is 29.5 Å². The van der Waals surface area contributed by atoms with Crippen LogP contribution < -0.4 is 21.3 Å². The third-order valence-corrected chi connectivity index (χ3v) is 11.0. The van der Waals surface area contributed by atoms with Crippen molar-refractivity contribution in [3.05, 3.63) is 59.8 Å². The molecule has 0 spiro atoms. The number of amides is 7. The molecule has 4 aliphatic heterocycles. The number of piperidine rings is 1. The number of cyclic esters (lactones) is 1. The first-order valence-electron chi connectivity index (χ1n) is 19.4. The van der Waals surface area contributed by atoms with E-state index >= 15 is 0 Å². The average Bonchev–Trinajstić information content (AvgIpc) is 3.77. The number of carbonyl (C=O) groups excluding carboxylic acids is 7. The second-order valence-electron chi connectivity index (χ2n) is 15.5. The molecule has 2 aromatic rings. The number of fused-ring (bicyclic) bond motifs is 3. The molecule has 4 aliphatic rings. The minimum atomic E-state index is -1.75. The summed E-state index contributed by atoms with van der Waals surface area (Å²) < 4.78 is 34.4. The van der Waals surface area contributed by atoms with Crippen LogP contribution >= 0.6 is 0 Å². The molecule has 0 unspecified atom stereocenters. The number of hydrogen-bond donors (Lipinski definition) is 5. The highest BCUT2D eigenvalue weighted by molar-refractivity contribution is 5.98. The molecule has 5 N–H and O–H groups in total. The molecule has 6 rings (SSSR count). The lowest BCUT2D eigenvalue weighted by molar-refractivity contribution is -0.163. The monoisotopic (exact) mass is 810 g/mol. The van der Waals surface area contributed by atoms with Gasteiger partial charge in [0.25, 0.3) is 0 Å². The number of rotatable bonds is 6. The number of hydrogen-bond acceptors (Lipinski definition) is 10. The maximum absolute atomic E-state index is 14.7. The number of aliphatic hydroxyl groups excluding tert-OH is 1. The summed E-state index contributed by atoms with van der Waals surface area (Å²) in [5, 5.41) is 21.0. The highest BCUT2D eigenvalue weighted by Gasteiger charge is 2.49.